The molecule has 1 atom stereocenters. The van der Waals surface area contributed by atoms with Crippen LogP contribution in [0.15, 0.2) is 18.2 Å². The van der Waals surface area contributed by atoms with Crippen LogP contribution in [0, 0.1) is 5.82 Å². The Balaban J connectivity index is 1.81. The van der Waals surface area contributed by atoms with E-state index in [-0.39, 0.29) is 24.0 Å². The SMILES string of the molecule is C[C@@H](NC(=O)CNc1cc(Cl)ccc1F)C(=O)N1CCCCC1. The van der Waals surface area contributed by atoms with E-state index in [9.17, 15) is 14.0 Å². The van der Waals surface area contributed by atoms with Gasteiger partial charge in [-0.15, -0.1) is 0 Å². The van der Waals surface area contributed by atoms with E-state index in [2.05, 4.69) is 10.6 Å². The van der Waals surface area contributed by atoms with Crippen molar-refractivity contribution in [2.24, 2.45) is 0 Å². The van der Waals surface area contributed by atoms with Crippen LogP contribution in [0.5, 0.6) is 0 Å². The largest absolute Gasteiger partial charge is 0.374 e. The number of likely N-dealkylation sites (tertiary alicyclic amines) is 1. The molecule has 2 rings (SSSR count). The minimum absolute atomic E-state index is 0.0769. The number of nitrogens with zero attached hydrogens (tertiary/aromatic N) is 1. The summed E-state index contributed by atoms with van der Waals surface area (Å²) in [4.78, 5) is 25.9. The van der Waals surface area contributed by atoms with Crippen molar-refractivity contribution in [3.8, 4) is 0 Å². The molecule has 1 aromatic rings. The molecule has 1 aliphatic rings. The second-order valence-corrected chi connectivity index (χ2v) is 6.09. The number of hydrogen-bond acceptors (Lipinski definition) is 3. The highest BCUT2D eigenvalue weighted by Crippen LogP contribution is 2.19. The van der Waals surface area contributed by atoms with Crippen LogP contribution in [-0.2, 0) is 9.59 Å². The van der Waals surface area contributed by atoms with Crippen LogP contribution in [0.3, 0.4) is 0 Å². The molecule has 0 saturated carbocycles. The van der Waals surface area contributed by atoms with Gasteiger partial charge in [-0.1, -0.05) is 11.6 Å². The van der Waals surface area contributed by atoms with Gasteiger partial charge in [0.25, 0.3) is 0 Å². The lowest BCUT2D eigenvalue weighted by molar-refractivity contribution is -0.136. The zero-order valence-corrected chi connectivity index (χ0v) is 13.8. The molecule has 5 nitrogen and oxygen atoms in total. The van der Waals surface area contributed by atoms with Gasteiger partial charge in [0.05, 0.1) is 12.2 Å². The molecule has 7 heteroatoms. The molecule has 126 valence electrons. The maximum Gasteiger partial charge on any atom is 0.244 e. The predicted molar refractivity (Wildman–Crippen MR) is 87.9 cm³/mol. The Kier molecular flexibility index (Phi) is 6.21. The first kappa shape index (κ1) is 17.5. The number of anilines is 1. The molecule has 0 bridgehead atoms. The summed E-state index contributed by atoms with van der Waals surface area (Å²) in [6, 6.07) is 3.48. The molecule has 1 aromatic carbocycles. The van der Waals surface area contributed by atoms with E-state index < -0.39 is 11.9 Å². The smallest absolute Gasteiger partial charge is 0.244 e. The molecule has 1 aliphatic heterocycles. The fraction of sp³-hybridized carbons (Fsp3) is 0.500. The van der Waals surface area contributed by atoms with Gasteiger partial charge in [-0.3, -0.25) is 9.59 Å². The summed E-state index contributed by atoms with van der Waals surface area (Å²) in [5.41, 5.74) is 0.155. The number of benzene rings is 1. The molecular formula is C16H21ClFN3O2. The predicted octanol–water partition coefficient (Wildman–Crippen LogP) is 2.41. The lowest BCUT2D eigenvalue weighted by Crippen LogP contribution is -2.49. The highest BCUT2D eigenvalue weighted by molar-refractivity contribution is 6.30. The van der Waals surface area contributed by atoms with Gasteiger partial charge in [0.2, 0.25) is 11.8 Å². The van der Waals surface area contributed by atoms with Crippen molar-refractivity contribution in [2.45, 2.75) is 32.2 Å². The quantitative estimate of drug-likeness (QED) is 0.864. The highest BCUT2D eigenvalue weighted by Gasteiger charge is 2.23. The highest BCUT2D eigenvalue weighted by atomic mass is 35.5. The molecule has 1 heterocycles. The number of amides is 2. The normalized spacial score (nSPS) is 15.9. The van der Waals surface area contributed by atoms with Crippen molar-refractivity contribution in [1.82, 2.24) is 10.2 Å². The number of piperidine rings is 1. The third kappa shape index (κ3) is 5.10. The number of carbonyl (C=O) groups excluding carboxylic acids is 2. The van der Waals surface area contributed by atoms with Gasteiger partial charge in [0, 0.05) is 18.1 Å². The molecule has 0 unspecified atom stereocenters. The second-order valence-electron chi connectivity index (χ2n) is 5.65. The first-order valence-electron chi connectivity index (χ1n) is 7.74. The summed E-state index contributed by atoms with van der Waals surface area (Å²) in [6.07, 6.45) is 3.14. The maximum absolute atomic E-state index is 13.5. The van der Waals surface area contributed by atoms with Crippen LogP contribution >= 0.6 is 11.6 Å². The van der Waals surface area contributed by atoms with Gasteiger partial charge in [0.1, 0.15) is 11.9 Å². The number of carbonyl (C=O) groups is 2. The van der Waals surface area contributed by atoms with E-state index in [4.69, 9.17) is 11.6 Å². The number of rotatable bonds is 5. The van der Waals surface area contributed by atoms with Crippen LogP contribution in [-0.4, -0.2) is 42.4 Å². The van der Waals surface area contributed by atoms with Crippen molar-refractivity contribution in [3.05, 3.63) is 29.0 Å². The molecular weight excluding hydrogens is 321 g/mol. The summed E-state index contributed by atoms with van der Waals surface area (Å²) < 4.78 is 13.5. The Bertz CT molecular complexity index is 576. The maximum atomic E-state index is 13.5. The fourth-order valence-electron chi connectivity index (χ4n) is 2.55. The van der Waals surface area contributed by atoms with Crippen molar-refractivity contribution in [2.75, 3.05) is 25.0 Å². The van der Waals surface area contributed by atoms with Crippen molar-refractivity contribution in [1.29, 1.82) is 0 Å². The molecule has 0 radical (unpaired) electrons. The van der Waals surface area contributed by atoms with Crippen molar-refractivity contribution < 1.29 is 14.0 Å². The first-order chi connectivity index (χ1) is 11.0. The summed E-state index contributed by atoms with van der Waals surface area (Å²) in [6.45, 7) is 3.01. The molecule has 2 N–H and O–H groups in total. The minimum atomic E-state index is -0.591. The Labute approximate surface area is 140 Å². The molecule has 23 heavy (non-hydrogen) atoms. The third-order valence-corrected chi connectivity index (χ3v) is 4.02. The number of halogens is 2. The summed E-state index contributed by atoms with van der Waals surface area (Å²) in [5, 5.41) is 5.69. The van der Waals surface area contributed by atoms with Crippen LogP contribution in [0.4, 0.5) is 10.1 Å². The standard InChI is InChI=1S/C16H21ClFN3O2/c1-11(16(23)21-7-3-2-4-8-21)20-15(22)10-19-14-9-12(17)5-6-13(14)18/h5-6,9,11,19H,2-4,7-8,10H2,1H3,(H,20,22)/t11-/m1/s1. The van der Waals surface area contributed by atoms with Crippen LogP contribution in [0.25, 0.3) is 0 Å². The summed E-state index contributed by atoms with van der Waals surface area (Å²) >= 11 is 5.79. The topological polar surface area (TPSA) is 61.4 Å². The summed E-state index contributed by atoms with van der Waals surface area (Å²) in [5.74, 6) is -0.936. The molecule has 0 aliphatic carbocycles. The average molecular weight is 342 g/mol. The van der Waals surface area contributed by atoms with Crippen LogP contribution in [0.1, 0.15) is 26.2 Å². The van der Waals surface area contributed by atoms with E-state index in [0.29, 0.717) is 5.02 Å². The van der Waals surface area contributed by atoms with Gasteiger partial charge in [0.15, 0.2) is 0 Å². The van der Waals surface area contributed by atoms with E-state index in [1.165, 1.54) is 18.2 Å². The zero-order valence-electron chi connectivity index (χ0n) is 13.1. The monoisotopic (exact) mass is 341 g/mol. The Morgan fingerprint density at radius 2 is 2.00 bits per heavy atom. The molecule has 0 spiro atoms. The minimum Gasteiger partial charge on any atom is -0.374 e. The van der Waals surface area contributed by atoms with Gasteiger partial charge in [-0.25, -0.2) is 4.39 Å². The van der Waals surface area contributed by atoms with E-state index in [0.717, 1.165) is 32.4 Å². The summed E-state index contributed by atoms with van der Waals surface area (Å²) in [7, 11) is 0. The van der Waals surface area contributed by atoms with Crippen molar-refractivity contribution in [3.63, 3.8) is 0 Å². The van der Waals surface area contributed by atoms with Gasteiger partial charge in [-0.2, -0.15) is 0 Å². The number of nitrogens with one attached hydrogen (secondary N) is 2. The lowest BCUT2D eigenvalue weighted by atomic mass is 10.1. The van der Waals surface area contributed by atoms with E-state index in [1.54, 1.807) is 11.8 Å². The van der Waals surface area contributed by atoms with Crippen molar-refractivity contribution >= 4 is 29.1 Å². The number of hydrogen-bond donors (Lipinski definition) is 2. The lowest BCUT2D eigenvalue weighted by Gasteiger charge is -2.29. The van der Waals surface area contributed by atoms with Gasteiger partial charge >= 0.3 is 0 Å². The van der Waals surface area contributed by atoms with Crippen LogP contribution < -0.4 is 10.6 Å². The zero-order chi connectivity index (χ0) is 16.8. The molecule has 1 saturated heterocycles. The van der Waals surface area contributed by atoms with Gasteiger partial charge in [-0.05, 0) is 44.4 Å². The fourth-order valence-corrected chi connectivity index (χ4v) is 2.72. The Hall–Kier alpha value is -1.82. The molecule has 1 fully saturated rings. The van der Waals surface area contributed by atoms with Crippen LogP contribution in [0.2, 0.25) is 5.02 Å². The second kappa shape index (κ2) is 8.15. The Morgan fingerprint density at radius 1 is 1.30 bits per heavy atom. The Morgan fingerprint density at radius 3 is 2.70 bits per heavy atom. The van der Waals surface area contributed by atoms with Gasteiger partial charge < -0.3 is 15.5 Å². The molecule has 0 aromatic heterocycles. The average Bonchev–Trinajstić information content (AvgIpc) is 2.55. The molecule has 2 amide bonds. The van der Waals surface area contributed by atoms with E-state index >= 15 is 0 Å². The third-order valence-electron chi connectivity index (χ3n) is 3.78. The van der Waals surface area contributed by atoms with E-state index in [1.807, 2.05) is 0 Å². The first-order valence-corrected chi connectivity index (χ1v) is 8.12.